The standard InChI is InChI=1S/C15H30N2O2/c1-2-3-11-19-12-7-10-17-14(18)13-15(16)8-5-4-6-9-15/h2-13,16H2,1H3,(H,17,18). The van der Waals surface area contributed by atoms with Crippen molar-refractivity contribution in [1.29, 1.82) is 0 Å². The molecule has 0 aliphatic heterocycles. The molecule has 0 saturated heterocycles. The van der Waals surface area contributed by atoms with E-state index in [9.17, 15) is 4.79 Å². The molecule has 0 radical (unpaired) electrons. The Hall–Kier alpha value is -0.610. The molecule has 1 amide bonds. The number of hydrogen-bond donors (Lipinski definition) is 2. The van der Waals surface area contributed by atoms with Gasteiger partial charge in [0.15, 0.2) is 0 Å². The summed E-state index contributed by atoms with van der Waals surface area (Å²) in [5.41, 5.74) is 6.01. The summed E-state index contributed by atoms with van der Waals surface area (Å²) in [5, 5.41) is 2.95. The summed E-state index contributed by atoms with van der Waals surface area (Å²) in [6.45, 7) is 4.41. The minimum atomic E-state index is -0.250. The molecule has 1 saturated carbocycles. The predicted octanol–water partition coefficient (Wildman–Crippen LogP) is 2.36. The molecule has 0 unspecified atom stereocenters. The lowest BCUT2D eigenvalue weighted by atomic mass is 9.80. The van der Waals surface area contributed by atoms with E-state index in [2.05, 4.69) is 12.2 Å². The number of unbranched alkanes of at least 4 members (excludes halogenated alkanes) is 1. The second-order valence-electron chi connectivity index (χ2n) is 5.77. The second-order valence-corrected chi connectivity index (χ2v) is 5.77. The maximum Gasteiger partial charge on any atom is 0.221 e. The Labute approximate surface area is 117 Å². The van der Waals surface area contributed by atoms with Crippen LogP contribution in [0.2, 0.25) is 0 Å². The number of rotatable bonds is 9. The van der Waals surface area contributed by atoms with Crippen LogP contribution in [0, 0.1) is 0 Å². The van der Waals surface area contributed by atoms with Crippen LogP contribution < -0.4 is 11.1 Å². The molecule has 4 nitrogen and oxygen atoms in total. The first-order valence-corrected chi connectivity index (χ1v) is 7.80. The van der Waals surface area contributed by atoms with Gasteiger partial charge in [-0.3, -0.25) is 4.79 Å². The highest BCUT2D eigenvalue weighted by molar-refractivity contribution is 5.77. The largest absolute Gasteiger partial charge is 0.381 e. The van der Waals surface area contributed by atoms with Crippen molar-refractivity contribution in [2.45, 2.75) is 70.3 Å². The van der Waals surface area contributed by atoms with E-state index in [1.807, 2.05) is 0 Å². The smallest absolute Gasteiger partial charge is 0.221 e. The molecule has 1 aliphatic carbocycles. The van der Waals surface area contributed by atoms with Crippen LogP contribution in [0.5, 0.6) is 0 Å². The molecule has 0 aromatic carbocycles. The molecule has 19 heavy (non-hydrogen) atoms. The summed E-state index contributed by atoms with van der Waals surface area (Å²) in [5.74, 6) is 0.0953. The first kappa shape index (κ1) is 16.4. The molecule has 0 heterocycles. The second kappa shape index (κ2) is 9.32. The molecule has 1 aliphatic rings. The van der Waals surface area contributed by atoms with Crippen molar-refractivity contribution in [3.05, 3.63) is 0 Å². The Kier molecular flexibility index (Phi) is 8.07. The fourth-order valence-corrected chi connectivity index (χ4v) is 2.57. The Bertz CT molecular complexity index is 251. The number of ether oxygens (including phenoxy) is 1. The molecular formula is C15H30N2O2. The first-order chi connectivity index (χ1) is 9.16. The van der Waals surface area contributed by atoms with Crippen molar-refractivity contribution in [2.75, 3.05) is 19.8 Å². The molecule has 0 spiro atoms. The summed E-state index contributed by atoms with van der Waals surface area (Å²) >= 11 is 0. The summed E-state index contributed by atoms with van der Waals surface area (Å²) in [4.78, 5) is 11.8. The summed E-state index contributed by atoms with van der Waals surface area (Å²) < 4.78 is 5.45. The Balaban J connectivity index is 2.01. The molecule has 112 valence electrons. The minimum Gasteiger partial charge on any atom is -0.381 e. The first-order valence-electron chi connectivity index (χ1n) is 7.80. The van der Waals surface area contributed by atoms with Crippen LogP contribution in [0.4, 0.5) is 0 Å². The van der Waals surface area contributed by atoms with Crippen molar-refractivity contribution in [3.63, 3.8) is 0 Å². The van der Waals surface area contributed by atoms with E-state index < -0.39 is 0 Å². The highest BCUT2D eigenvalue weighted by Crippen LogP contribution is 2.28. The summed E-state index contributed by atoms with van der Waals surface area (Å²) in [6, 6.07) is 0. The Morgan fingerprint density at radius 1 is 1.21 bits per heavy atom. The monoisotopic (exact) mass is 270 g/mol. The average molecular weight is 270 g/mol. The van der Waals surface area contributed by atoms with E-state index in [-0.39, 0.29) is 11.4 Å². The lowest BCUT2D eigenvalue weighted by molar-refractivity contribution is -0.122. The van der Waals surface area contributed by atoms with Gasteiger partial charge in [0, 0.05) is 31.7 Å². The fourth-order valence-electron chi connectivity index (χ4n) is 2.57. The van der Waals surface area contributed by atoms with Crippen LogP contribution in [0.1, 0.15) is 64.7 Å². The van der Waals surface area contributed by atoms with Gasteiger partial charge in [-0.25, -0.2) is 0 Å². The van der Waals surface area contributed by atoms with Crippen LogP contribution in [-0.4, -0.2) is 31.2 Å². The number of hydrogen-bond acceptors (Lipinski definition) is 3. The Morgan fingerprint density at radius 2 is 1.89 bits per heavy atom. The van der Waals surface area contributed by atoms with Crippen LogP contribution in [0.15, 0.2) is 0 Å². The Morgan fingerprint density at radius 3 is 2.58 bits per heavy atom. The van der Waals surface area contributed by atoms with E-state index in [4.69, 9.17) is 10.5 Å². The zero-order chi connectivity index (χ0) is 14.0. The van der Waals surface area contributed by atoms with Crippen LogP contribution in [0.25, 0.3) is 0 Å². The van der Waals surface area contributed by atoms with Gasteiger partial charge in [0.1, 0.15) is 0 Å². The third-order valence-electron chi connectivity index (χ3n) is 3.79. The number of carbonyl (C=O) groups excluding carboxylic acids is 1. The van der Waals surface area contributed by atoms with E-state index in [1.165, 1.54) is 6.42 Å². The van der Waals surface area contributed by atoms with E-state index in [0.717, 1.165) is 58.2 Å². The van der Waals surface area contributed by atoms with Gasteiger partial charge in [-0.15, -0.1) is 0 Å². The summed E-state index contributed by atoms with van der Waals surface area (Å²) in [6.07, 6.45) is 9.19. The number of amides is 1. The molecule has 0 bridgehead atoms. The third-order valence-corrected chi connectivity index (χ3v) is 3.79. The molecule has 1 rings (SSSR count). The maximum atomic E-state index is 11.8. The van der Waals surface area contributed by atoms with Crippen LogP contribution >= 0.6 is 0 Å². The fraction of sp³-hybridized carbons (Fsp3) is 0.933. The molecular weight excluding hydrogens is 240 g/mol. The van der Waals surface area contributed by atoms with Gasteiger partial charge in [0.05, 0.1) is 0 Å². The van der Waals surface area contributed by atoms with E-state index >= 15 is 0 Å². The number of carbonyl (C=O) groups is 1. The van der Waals surface area contributed by atoms with Crippen molar-refractivity contribution in [3.8, 4) is 0 Å². The van der Waals surface area contributed by atoms with Crippen molar-refractivity contribution < 1.29 is 9.53 Å². The quantitative estimate of drug-likeness (QED) is 0.632. The predicted molar refractivity (Wildman–Crippen MR) is 78.0 cm³/mol. The van der Waals surface area contributed by atoms with Crippen molar-refractivity contribution in [1.82, 2.24) is 5.32 Å². The van der Waals surface area contributed by atoms with Gasteiger partial charge in [-0.2, -0.15) is 0 Å². The number of nitrogens with two attached hydrogens (primary N) is 1. The lowest BCUT2D eigenvalue weighted by Gasteiger charge is -2.32. The van der Waals surface area contributed by atoms with Crippen LogP contribution in [-0.2, 0) is 9.53 Å². The third kappa shape index (κ3) is 7.53. The zero-order valence-corrected chi connectivity index (χ0v) is 12.4. The zero-order valence-electron chi connectivity index (χ0n) is 12.4. The van der Waals surface area contributed by atoms with Gasteiger partial charge >= 0.3 is 0 Å². The lowest BCUT2D eigenvalue weighted by Crippen LogP contribution is -2.46. The SMILES string of the molecule is CCCCOCCCNC(=O)CC1(N)CCCCC1. The summed E-state index contributed by atoms with van der Waals surface area (Å²) in [7, 11) is 0. The topological polar surface area (TPSA) is 64.3 Å². The van der Waals surface area contributed by atoms with E-state index in [1.54, 1.807) is 0 Å². The maximum absolute atomic E-state index is 11.8. The number of nitrogens with one attached hydrogen (secondary N) is 1. The van der Waals surface area contributed by atoms with E-state index in [0.29, 0.717) is 13.0 Å². The van der Waals surface area contributed by atoms with Gasteiger partial charge in [0.2, 0.25) is 5.91 Å². The van der Waals surface area contributed by atoms with Crippen molar-refractivity contribution >= 4 is 5.91 Å². The highest BCUT2D eigenvalue weighted by Gasteiger charge is 2.29. The minimum absolute atomic E-state index is 0.0953. The van der Waals surface area contributed by atoms with Gasteiger partial charge < -0.3 is 15.8 Å². The molecule has 0 atom stereocenters. The van der Waals surface area contributed by atoms with Crippen LogP contribution in [0.3, 0.4) is 0 Å². The molecule has 3 N–H and O–H groups in total. The molecule has 0 aromatic rings. The van der Waals surface area contributed by atoms with Gasteiger partial charge in [-0.05, 0) is 25.7 Å². The van der Waals surface area contributed by atoms with Gasteiger partial charge in [0.25, 0.3) is 0 Å². The molecule has 1 fully saturated rings. The molecule has 4 heteroatoms. The normalized spacial score (nSPS) is 18.2. The molecule has 0 aromatic heterocycles. The highest BCUT2D eigenvalue weighted by atomic mass is 16.5. The average Bonchev–Trinajstić information content (AvgIpc) is 2.38. The van der Waals surface area contributed by atoms with Crippen molar-refractivity contribution in [2.24, 2.45) is 5.73 Å². The van der Waals surface area contributed by atoms with Gasteiger partial charge in [-0.1, -0.05) is 32.6 Å².